The number of phosphoric acid groups is 1. The molecule has 1 unspecified atom stereocenters. The van der Waals surface area contributed by atoms with Gasteiger partial charge in [-0.25, -0.2) is 4.57 Å². The minimum absolute atomic E-state index is 0.0798. The molecule has 0 aromatic carbocycles. The summed E-state index contributed by atoms with van der Waals surface area (Å²) >= 11 is 0. The van der Waals surface area contributed by atoms with Crippen LogP contribution in [0.1, 0.15) is 110 Å². The van der Waals surface area contributed by atoms with Crippen molar-refractivity contribution in [1.29, 1.82) is 0 Å². The molecule has 0 rings (SSSR count). The molecular weight excluding hydrogens is 505 g/mol. The van der Waals surface area contributed by atoms with E-state index in [1.165, 1.54) is 64.2 Å². The summed E-state index contributed by atoms with van der Waals surface area (Å²) in [6, 6.07) is 0. The van der Waals surface area contributed by atoms with E-state index in [9.17, 15) is 14.3 Å². The van der Waals surface area contributed by atoms with Gasteiger partial charge in [-0.2, -0.15) is 0 Å². The number of nitrogens with zero attached hydrogens (tertiary/aromatic N) is 1. The number of ether oxygens (including phenoxy) is 2. The SMILES string of the molecule is CC(C)CCCCCCCCCCCCCOC[C@H](COP(=O)(O)OCC[N+](C)(C)C)OCCCCC=O. The Hall–Kier alpha value is -0.340. The summed E-state index contributed by atoms with van der Waals surface area (Å²) in [7, 11) is 1.80. The first-order valence-corrected chi connectivity index (χ1v) is 16.6. The molecule has 0 saturated heterocycles. The van der Waals surface area contributed by atoms with Crippen LogP contribution in [0.3, 0.4) is 0 Å². The van der Waals surface area contributed by atoms with E-state index in [2.05, 4.69) is 13.8 Å². The first kappa shape index (κ1) is 37.7. The van der Waals surface area contributed by atoms with Crippen molar-refractivity contribution >= 4 is 14.1 Å². The third-order valence-corrected chi connectivity index (χ3v) is 7.37. The van der Waals surface area contributed by atoms with Crippen LogP contribution in [0.15, 0.2) is 0 Å². The lowest BCUT2D eigenvalue weighted by Gasteiger charge is -2.24. The number of hydrogen-bond donors (Lipinski definition) is 1. The Kier molecular flexibility index (Phi) is 24.2. The molecular formula is C29H61NO7P+. The number of rotatable bonds is 29. The maximum atomic E-state index is 12.2. The predicted octanol–water partition coefficient (Wildman–Crippen LogP) is 6.93. The Labute approximate surface area is 234 Å². The minimum Gasteiger partial charge on any atom is -0.379 e. The summed E-state index contributed by atoms with van der Waals surface area (Å²) < 4.78 is 34.7. The third kappa shape index (κ3) is 28.7. The fraction of sp³-hybridized carbons (Fsp3) is 0.966. The zero-order chi connectivity index (χ0) is 28.5. The number of carbonyl (C=O) groups excluding carboxylic acids is 1. The summed E-state index contributed by atoms with van der Waals surface area (Å²) in [6.45, 7) is 6.62. The molecule has 0 aliphatic carbocycles. The molecule has 228 valence electrons. The molecule has 0 amide bonds. The number of aldehydes is 1. The Morgan fingerprint density at radius 3 is 1.84 bits per heavy atom. The fourth-order valence-electron chi connectivity index (χ4n) is 3.93. The highest BCUT2D eigenvalue weighted by Gasteiger charge is 2.25. The van der Waals surface area contributed by atoms with Crippen molar-refractivity contribution in [2.45, 2.75) is 116 Å². The Bertz CT molecular complexity index is 584. The number of quaternary nitrogens is 1. The number of likely N-dealkylation sites (N-methyl/N-ethyl adjacent to an activating group) is 1. The van der Waals surface area contributed by atoms with Gasteiger partial charge in [-0.05, 0) is 25.2 Å². The highest BCUT2D eigenvalue weighted by molar-refractivity contribution is 7.47. The summed E-state index contributed by atoms with van der Waals surface area (Å²) in [5.41, 5.74) is 0. The first-order valence-electron chi connectivity index (χ1n) is 15.1. The van der Waals surface area contributed by atoms with Gasteiger partial charge in [0.15, 0.2) is 0 Å². The van der Waals surface area contributed by atoms with Crippen molar-refractivity contribution in [1.82, 2.24) is 0 Å². The second-order valence-electron chi connectivity index (χ2n) is 11.9. The van der Waals surface area contributed by atoms with Gasteiger partial charge in [-0.3, -0.25) is 9.05 Å². The quantitative estimate of drug-likeness (QED) is 0.0454. The van der Waals surface area contributed by atoms with Crippen LogP contribution in [0.4, 0.5) is 0 Å². The van der Waals surface area contributed by atoms with Crippen molar-refractivity contribution in [3.63, 3.8) is 0 Å². The second-order valence-corrected chi connectivity index (χ2v) is 13.4. The van der Waals surface area contributed by atoms with E-state index in [-0.39, 0.29) is 13.2 Å². The van der Waals surface area contributed by atoms with Crippen LogP contribution in [-0.4, -0.2) is 82.5 Å². The van der Waals surface area contributed by atoms with Gasteiger partial charge >= 0.3 is 7.82 Å². The summed E-state index contributed by atoms with van der Waals surface area (Å²) in [5.74, 6) is 0.837. The maximum absolute atomic E-state index is 12.2. The molecule has 1 N–H and O–H groups in total. The number of phosphoric ester groups is 1. The van der Waals surface area contributed by atoms with Gasteiger partial charge in [0.2, 0.25) is 0 Å². The molecule has 0 aliphatic heterocycles. The van der Waals surface area contributed by atoms with Gasteiger partial charge in [-0.15, -0.1) is 0 Å². The van der Waals surface area contributed by atoms with E-state index in [0.717, 1.165) is 37.9 Å². The van der Waals surface area contributed by atoms with Crippen LogP contribution in [0, 0.1) is 5.92 Å². The molecule has 38 heavy (non-hydrogen) atoms. The third-order valence-electron chi connectivity index (χ3n) is 6.38. The highest BCUT2D eigenvalue weighted by atomic mass is 31.2. The predicted molar refractivity (Wildman–Crippen MR) is 155 cm³/mol. The molecule has 0 fully saturated rings. The standard InChI is InChI=1S/C29H60NO7P/c1-28(2)20-16-13-11-9-7-6-8-10-12-14-18-23-34-26-29(35-24-19-15-17-22-31)27-37-38(32,33)36-25-21-30(3,4)5/h22,28-29H,6-21,23-27H2,1-5H3/p+1/t29-/m1/s1. The molecule has 0 aromatic rings. The van der Waals surface area contributed by atoms with E-state index in [0.29, 0.717) is 37.3 Å². The molecule has 0 aliphatic rings. The number of hydrogen-bond acceptors (Lipinski definition) is 6. The summed E-state index contributed by atoms with van der Waals surface area (Å²) in [4.78, 5) is 20.5. The van der Waals surface area contributed by atoms with Crippen LogP contribution in [0.5, 0.6) is 0 Å². The van der Waals surface area contributed by atoms with Crippen LogP contribution < -0.4 is 0 Å². The molecule has 2 atom stereocenters. The Morgan fingerprint density at radius 1 is 0.737 bits per heavy atom. The van der Waals surface area contributed by atoms with Gasteiger partial charge in [0.05, 0.1) is 34.4 Å². The largest absolute Gasteiger partial charge is 0.472 e. The van der Waals surface area contributed by atoms with Crippen LogP contribution >= 0.6 is 7.82 Å². The molecule has 9 heteroatoms. The first-order chi connectivity index (χ1) is 18.1. The van der Waals surface area contributed by atoms with Gasteiger partial charge in [0, 0.05) is 19.6 Å². The topological polar surface area (TPSA) is 91.3 Å². The zero-order valence-corrected chi connectivity index (χ0v) is 26.3. The van der Waals surface area contributed by atoms with E-state index < -0.39 is 13.9 Å². The average Bonchev–Trinajstić information content (AvgIpc) is 2.83. The van der Waals surface area contributed by atoms with E-state index in [1.807, 2.05) is 21.1 Å². The van der Waals surface area contributed by atoms with Crippen molar-refractivity contribution in [2.75, 3.05) is 60.7 Å². The van der Waals surface area contributed by atoms with E-state index in [4.69, 9.17) is 18.5 Å². The fourth-order valence-corrected chi connectivity index (χ4v) is 4.67. The van der Waals surface area contributed by atoms with Crippen LogP contribution in [-0.2, 0) is 27.9 Å². The van der Waals surface area contributed by atoms with Crippen LogP contribution in [0.2, 0.25) is 0 Å². The monoisotopic (exact) mass is 566 g/mol. The summed E-state index contributed by atoms with van der Waals surface area (Å²) in [5, 5.41) is 0. The van der Waals surface area contributed by atoms with Crippen molar-refractivity contribution in [3.8, 4) is 0 Å². The number of carbonyl (C=O) groups is 1. The molecule has 0 radical (unpaired) electrons. The minimum atomic E-state index is -4.15. The lowest BCUT2D eigenvalue weighted by Crippen LogP contribution is -2.37. The van der Waals surface area contributed by atoms with Gasteiger partial charge in [0.25, 0.3) is 0 Å². The lowest BCUT2D eigenvalue weighted by molar-refractivity contribution is -0.870. The zero-order valence-electron chi connectivity index (χ0n) is 25.4. The summed E-state index contributed by atoms with van der Waals surface area (Å²) in [6.07, 6.45) is 18.0. The van der Waals surface area contributed by atoms with Gasteiger partial charge in [-0.1, -0.05) is 84.5 Å². The highest BCUT2D eigenvalue weighted by Crippen LogP contribution is 2.43. The smallest absolute Gasteiger partial charge is 0.379 e. The van der Waals surface area contributed by atoms with Gasteiger partial charge in [0.1, 0.15) is 25.5 Å². The maximum Gasteiger partial charge on any atom is 0.472 e. The van der Waals surface area contributed by atoms with Gasteiger partial charge < -0.3 is 23.6 Å². The molecule has 0 saturated carbocycles. The number of unbranched alkanes of at least 4 members (excludes halogenated alkanes) is 12. The lowest BCUT2D eigenvalue weighted by atomic mass is 10.0. The van der Waals surface area contributed by atoms with Crippen molar-refractivity contribution < 1.29 is 37.3 Å². The van der Waals surface area contributed by atoms with E-state index in [1.54, 1.807) is 0 Å². The molecule has 0 spiro atoms. The normalized spacial score (nSPS) is 14.6. The van der Waals surface area contributed by atoms with Crippen molar-refractivity contribution in [2.24, 2.45) is 5.92 Å². The van der Waals surface area contributed by atoms with Crippen molar-refractivity contribution in [3.05, 3.63) is 0 Å². The Morgan fingerprint density at radius 2 is 1.29 bits per heavy atom. The molecule has 0 aromatic heterocycles. The second kappa shape index (κ2) is 24.5. The molecule has 0 bridgehead atoms. The van der Waals surface area contributed by atoms with Crippen LogP contribution in [0.25, 0.3) is 0 Å². The molecule has 8 nitrogen and oxygen atoms in total. The molecule has 0 heterocycles. The average molecular weight is 567 g/mol. The van der Waals surface area contributed by atoms with E-state index >= 15 is 0 Å². The Balaban J connectivity index is 3.97.